The van der Waals surface area contributed by atoms with Gasteiger partial charge in [0.25, 0.3) is 0 Å². The van der Waals surface area contributed by atoms with Gasteiger partial charge < -0.3 is 0 Å². The Hall–Kier alpha value is -0.730. The van der Waals surface area contributed by atoms with E-state index in [1.807, 2.05) is 6.07 Å². The fourth-order valence-corrected chi connectivity index (χ4v) is 1.30. The van der Waals surface area contributed by atoms with Crippen LogP contribution in [0, 0.1) is 0 Å². The van der Waals surface area contributed by atoms with Gasteiger partial charge in [-0.1, -0.05) is 23.2 Å². The van der Waals surface area contributed by atoms with Crippen molar-refractivity contribution in [3.8, 4) is 0 Å². The molecule has 11 heavy (non-hydrogen) atoms. The minimum atomic E-state index is 0.502. The summed E-state index contributed by atoms with van der Waals surface area (Å²) < 4.78 is 1.73. The number of hydrogen-bond acceptors (Lipinski definition) is 1. The maximum atomic E-state index is 5.86. The second kappa shape index (κ2) is 2.40. The molecule has 4 heteroatoms. The Balaban J connectivity index is 2.93. The molecule has 0 atom stereocenters. The van der Waals surface area contributed by atoms with Gasteiger partial charge in [0, 0.05) is 12.4 Å². The molecule has 0 unspecified atom stereocenters. The normalized spacial score (nSPS) is 10.7. The third-order valence-electron chi connectivity index (χ3n) is 1.46. The predicted molar refractivity (Wildman–Crippen MR) is 45.2 cm³/mol. The van der Waals surface area contributed by atoms with Gasteiger partial charge in [0.15, 0.2) is 0 Å². The molecule has 0 aromatic carbocycles. The number of pyridine rings is 1. The van der Waals surface area contributed by atoms with Crippen molar-refractivity contribution in [1.82, 2.24) is 9.38 Å². The predicted octanol–water partition coefficient (Wildman–Crippen LogP) is 2.64. The van der Waals surface area contributed by atoms with E-state index >= 15 is 0 Å². The molecule has 2 rings (SSSR count). The lowest BCUT2D eigenvalue weighted by Gasteiger charge is -1.97. The van der Waals surface area contributed by atoms with Crippen LogP contribution in [-0.2, 0) is 0 Å². The topological polar surface area (TPSA) is 17.3 Å². The van der Waals surface area contributed by atoms with E-state index in [-0.39, 0.29) is 0 Å². The highest BCUT2D eigenvalue weighted by Crippen LogP contribution is 2.21. The zero-order valence-corrected chi connectivity index (χ0v) is 6.97. The lowest BCUT2D eigenvalue weighted by Crippen LogP contribution is -1.84. The summed E-state index contributed by atoms with van der Waals surface area (Å²) in [4.78, 5) is 4.04. The Morgan fingerprint density at radius 1 is 1.27 bits per heavy atom. The third-order valence-corrected chi connectivity index (χ3v) is 2.24. The van der Waals surface area contributed by atoms with Crippen molar-refractivity contribution in [2.45, 2.75) is 0 Å². The Bertz CT molecular complexity index is 394. The van der Waals surface area contributed by atoms with E-state index in [1.54, 1.807) is 22.9 Å². The van der Waals surface area contributed by atoms with Crippen LogP contribution in [-0.4, -0.2) is 9.38 Å². The molecule has 2 aromatic rings. The Labute approximate surface area is 73.4 Å². The minimum absolute atomic E-state index is 0.502. The number of aromatic nitrogens is 2. The van der Waals surface area contributed by atoms with E-state index in [1.165, 1.54) is 0 Å². The highest BCUT2D eigenvalue weighted by atomic mass is 35.5. The molecule has 0 amide bonds. The lowest BCUT2D eigenvalue weighted by atomic mass is 10.5. The monoisotopic (exact) mass is 186 g/mol. The van der Waals surface area contributed by atoms with Crippen LogP contribution in [0.3, 0.4) is 0 Å². The average molecular weight is 187 g/mol. The summed E-state index contributed by atoms with van der Waals surface area (Å²) in [6.07, 6.45) is 3.45. The summed E-state index contributed by atoms with van der Waals surface area (Å²) >= 11 is 11.6. The standard InChI is InChI=1S/C7H4Cl2N2/c8-5-1-2-6-10-3-4-11(6)7(5)9/h1-4H. The molecule has 0 spiro atoms. The zero-order valence-electron chi connectivity index (χ0n) is 5.46. The molecule has 2 nitrogen and oxygen atoms in total. The molecule has 0 N–H and O–H groups in total. The van der Waals surface area contributed by atoms with Gasteiger partial charge in [0.1, 0.15) is 10.8 Å². The van der Waals surface area contributed by atoms with Gasteiger partial charge in [-0.2, -0.15) is 0 Å². The highest BCUT2D eigenvalue weighted by molar-refractivity contribution is 6.41. The molecule has 0 aliphatic rings. The average Bonchev–Trinajstić information content (AvgIpc) is 2.45. The molecule has 0 aliphatic heterocycles. The summed E-state index contributed by atoms with van der Waals surface area (Å²) in [5.74, 6) is 0. The first-order valence-corrected chi connectivity index (χ1v) is 3.82. The molecule has 2 aromatic heterocycles. The van der Waals surface area contributed by atoms with Gasteiger partial charge in [0.05, 0.1) is 5.02 Å². The first-order valence-electron chi connectivity index (χ1n) is 3.06. The fraction of sp³-hybridized carbons (Fsp3) is 0. The van der Waals surface area contributed by atoms with Gasteiger partial charge >= 0.3 is 0 Å². The van der Waals surface area contributed by atoms with Gasteiger partial charge in [-0.15, -0.1) is 0 Å². The Kier molecular flexibility index (Phi) is 1.51. The summed E-state index contributed by atoms with van der Waals surface area (Å²) in [6.45, 7) is 0. The number of rotatable bonds is 0. The Morgan fingerprint density at radius 2 is 2.09 bits per heavy atom. The second-order valence-electron chi connectivity index (χ2n) is 2.13. The van der Waals surface area contributed by atoms with Crippen LogP contribution in [0.1, 0.15) is 0 Å². The van der Waals surface area contributed by atoms with Crippen molar-refractivity contribution in [3.05, 3.63) is 34.7 Å². The smallest absolute Gasteiger partial charge is 0.137 e. The quantitative estimate of drug-likeness (QED) is 0.579. The number of hydrogen-bond donors (Lipinski definition) is 0. The van der Waals surface area contributed by atoms with E-state index < -0.39 is 0 Å². The van der Waals surface area contributed by atoms with Crippen LogP contribution >= 0.6 is 23.2 Å². The molecule has 0 fully saturated rings. The second-order valence-corrected chi connectivity index (χ2v) is 2.89. The molecule has 0 radical (unpaired) electrons. The van der Waals surface area contributed by atoms with E-state index in [9.17, 15) is 0 Å². The van der Waals surface area contributed by atoms with E-state index in [0.29, 0.717) is 10.2 Å². The molecular weight excluding hydrogens is 183 g/mol. The summed E-state index contributed by atoms with van der Waals surface area (Å²) in [7, 11) is 0. The largest absolute Gasteiger partial charge is 0.289 e. The summed E-state index contributed by atoms with van der Waals surface area (Å²) in [6, 6.07) is 3.54. The lowest BCUT2D eigenvalue weighted by molar-refractivity contribution is 1.19. The van der Waals surface area contributed by atoms with Crippen molar-refractivity contribution >= 4 is 28.8 Å². The van der Waals surface area contributed by atoms with Crippen LogP contribution in [0.15, 0.2) is 24.5 Å². The number of fused-ring (bicyclic) bond motifs is 1. The van der Waals surface area contributed by atoms with Crippen LogP contribution in [0.2, 0.25) is 10.2 Å². The number of halogens is 2. The SMILES string of the molecule is Clc1ccc2nccn2c1Cl. The van der Waals surface area contributed by atoms with Crippen molar-refractivity contribution in [2.24, 2.45) is 0 Å². The van der Waals surface area contributed by atoms with Crippen molar-refractivity contribution in [1.29, 1.82) is 0 Å². The first kappa shape index (κ1) is 6.95. The summed E-state index contributed by atoms with van der Waals surface area (Å²) in [5, 5.41) is 1.04. The number of imidazole rings is 1. The van der Waals surface area contributed by atoms with E-state index in [0.717, 1.165) is 5.65 Å². The molecule has 56 valence electrons. The third kappa shape index (κ3) is 0.988. The van der Waals surface area contributed by atoms with Gasteiger partial charge in [-0.3, -0.25) is 4.40 Å². The molecule has 0 aliphatic carbocycles. The van der Waals surface area contributed by atoms with Crippen molar-refractivity contribution in [2.75, 3.05) is 0 Å². The van der Waals surface area contributed by atoms with E-state index in [2.05, 4.69) is 4.98 Å². The van der Waals surface area contributed by atoms with Crippen LogP contribution in [0.5, 0.6) is 0 Å². The molecule has 0 bridgehead atoms. The van der Waals surface area contributed by atoms with Crippen LogP contribution in [0.4, 0.5) is 0 Å². The minimum Gasteiger partial charge on any atom is -0.289 e. The van der Waals surface area contributed by atoms with Gasteiger partial charge in [0.2, 0.25) is 0 Å². The first-order chi connectivity index (χ1) is 5.29. The zero-order chi connectivity index (χ0) is 7.84. The van der Waals surface area contributed by atoms with Crippen LogP contribution in [0.25, 0.3) is 5.65 Å². The maximum absolute atomic E-state index is 5.86. The fourth-order valence-electron chi connectivity index (χ4n) is 0.936. The number of nitrogens with zero attached hydrogens (tertiary/aromatic N) is 2. The molecule has 2 heterocycles. The summed E-state index contributed by atoms with van der Waals surface area (Å²) in [5.41, 5.74) is 0.805. The highest BCUT2D eigenvalue weighted by Gasteiger charge is 2.01. The van der Waals surface area contributed by atoms with Gasteiger partial charge in [-0.25, -0.2) is 4.98 Å². The van der Waals surface area contributed by atoms with E-state index in [4.69, 9.17) is 23.2 Å². The molecule has 0 saturated heterocycles. The van der Waals surface area contributed by atoms with Crippen molar-refractivity contribution < 1.29 is 0 Å². The molecular formula is C7H4Cl2N2. The maximum Gasteiger partial charge on any atom is 0.137 e. The van der Waals surface area contributed by atoms with Crippen LogP contribution < -0.4 is 0 Å². The van der Waals surface area contributed by atoms with Crippen molar-refractivity contribution in [3.63, 3.8) is 0 Å². The Morgan fingerprint density at radius 3 is 2.91 bits per heavy atom. The van der Waals surface area contributed by atoms with Gasteiger partial charge in [-0.05, 0) is 12.1 Å². The molecule has 0 saturated carbocycles.